The van der Waals surface area contributed by atoms with Crippen molar-refractivity contribution in [3.8, 4) is 0 Å². The molecule has 1 fully saturated rings. The topological polar surface area (TPSA) is 46.3 Å². The zero-order chi connectivity index (χ0) is 15.7. The number of piperidine rings is 1. The molecule has 118 valence electrons. The van der Waals surface area contributed by atoms with Crippen molar-refractivity contribution >= 4 is 17.2 Å². The average Bonchev–Trinajstić information content (AvgIpc) is 3.07. The van der Waals surface area contributed by atoms with Crippen molar-refractivity contribution in [1.29, 1.82) is 0 Å². The molecule has 0 unspecified atom stereocenters. The van der Waals surface area contributed by atoms with Gasteiger partial charge in [-0.25, -0.2) is 4.98 Å². The predicted octanol–water partition coefficient (Wildman–Crippen LogP) is 3.90. The van der Waals surface area contributed by atoms with Crippen LogP contribution in [0.2, 0.25) is 0 Å². The SMILES string of the molecule is Cc1ccc([C@@H]2C[C@@H](C)CCN2C(=O)Cc2csc(C)n2)o1. The molecule has 0 radical (unpaired) electrons. The monoisotopic (exact) mass is 318 g/mol. The van der Waals surface area contributed by atoms with Crippen LogP contribution in [-0.4, -0.2) is 22.3 Å². The summed E-state index contributed by atoms with van der Waals surface area (Å²) in [5, 5.41) is 2.99. The number of aryl methyl sites for hydroxylation is 2. The fourth-order valence-corrected chi connectivity index (χ4v) is 3.70. The number of hydrogen-bond donors (Lipinski definition) is 0. The molecule has 1 aliphatic rings. The summed E-state index contributed by atoms with van der Waals surface area (Å²) in [6.45, 7) is 6.96. The number of rotatable bonds is 3. The van der Waals surface area contributed by atoms with Gasteiger partial charge in [-0.15, -0.1) is 11.3 Å². The number of hydrogen-bond acceptors (Lipinski definition) is 4. The van der Waals surface area contributed by atoms with Crippen LogP contribution in [0.5, 0.6) is 0 Å². The van der Waals surface area contributed by atoms with Gasteiger partial charge in [-0.05, 0) is 44.7 Å². The minimum atomic E-state index is 0.0599. The Balaban J connectivity index is 1.78. The molecule has 3 rings (SSSR count). The zero-order valence-electron chi connectivity index (χ0n) is 13.3. The molecule has 0 aliphatic carbocycles. The van der Waals surface area contributed by atoms with Gasteiger partial charge in [0.1, 0.15) is 11.5 Å². The lowest BCUT2D eigenvalue weighted by atomic mass is 9.90. The number of furan rings is 1. The van der Waals surface area contributed by atoms with Gasteiger partial charge < -0.3 is 9.32 Å². The second-order valence-electron chi connectivity index (χ2n) is 6.22. The normalized spacial score (nSPS) is 22.0. The fourth-order valence-electron chi connectivity index (χ4n) is 3.09. The van der Waals surface area contributed by atoms with E-state index in [9.17, 15) is 4.79 Å². The van der Waals surface area contributed by atoms with Crippen molar-refractivity contribution in [3.05, 3.63) is 39.7 Å². The van der Waals surface area contributed by atoms with E-state index in [2.05, 4.69) is 11.9 Å². The molecule has 4 nitrogen and oxygen atoms in total. The molecule has 1 amide bonds. The van der Waals surface area contributed by atoms with Crippen LogP contribution in [0.15, 0.2) is 21.9 Å². The van der Waals surface area contributed by atoms with Crippen molar-refractivity contribution in [2.24, 2.45) is 5.92 Å². The molecule has 1 saturated heterocycles. The fraction of sp³-hybridized carbons (Fsp3) is 0.529. The molecule has 0 N–H and O–H groups in total. The number of likely N-dealkylation sites (tertiary alicyclic amines) is 1. The minimum Gasteiger partial charge on any atom is -0.464 e. The smallest absolute Gasteiger partial charge is 0.229 e. The Labute approximate surface area is 135 Å². The second-order valence-corrected chi connectivity index (χ2v) is 7.28. The van der Waals surface area contributed by atoms with Gasteiger partial charge in [-0.2, -0.15) is 0 Å². The van der Waals surface area contributed by atoms with Crippen molar-refractivity contribution < 1.29 is 9.21 Å². The molecular weight excluding hydrogens is 296 g/mol. The largest absolute Gasteiger partial charge is 0.464 e. The molecule has 0 bridgehead atoms. The average molecular weight is 318 g/mol. The minimum absolute atomic E-state index is 0.0599. The Hall–Kier alpha value is -1.62. The first kappa shape index (κ1) is 15.3. The number of aromatic nitrogens is 1. The van der Waals surface area contributed by atoms with E-state index in [1.807, 2.05) is 36.3 Å². The lowest BCUT2D eigenvalue weighted by Gasteiger charge is -2.37. The van der Waals surface area contributed by atoms with Gasteiger partial charge in [-0.1, -0.05) is 6.92 Å². The van der Waals surface area contributed by atoms with Crippen LogP contribution in [0.3, 0.4) is 0 Å². The zero-order valence-corrected chi connectivity index (χ0v) is 14.2. The summed E-state index contributed by atoms with van der Waals surface area (Å²) in [7, 11) is 0. The van der Waals surface area contributed by atoms with Crippen LogP contribution in [-0.2, 0) is 11.2 Å². The molecule has 2 atom stereocenters. The third-order valence-electron chi connectivity index (χ3n) is 4.27. The summed E-state index contributed by atoms with van der Waals surface area (Å²) in [6, 6.07) is 4.04. The van der Waals surface area contributed by atoms with Crippen molar-refractivity contribution in [2.45, 2.75) is 46.1 Å². The summed E-state index contributed by atoms with van der Waals surface area (Å²) in [6.07, 6.45) is 2.40. The van der Waals surface area contributed by atoms with Crippen LogP contribution >= 0.6 is 11.3 Å². The maximum Gasteiger partial charge on any atom is 0.229 e. The molecule has 2 aromatic rings. The Kier molecular flexibility index (Phi) is 4.34. The molecule has 5 heteroatoms. The summed E-state index contributed by atoms with van der Waals surface area (Å²) in [5.74, 6) is 2.57. The van der Waals surface area contributed by atoms with Crippen LogP contribution < -0.4 is 0 Å². The van der Waals surface area contributed by atoms with Crippen molar-refractivity contribution in [1.82, 2.24) is 9.88 Å². The summed E-state index contributed by atoms with van der Waals surface area (Å²) in [5.41, 5.74) is 0.875. The van der Waals surface area contributed by atoms with Gasteiger partial charge in [0.2, 0.25) is 5.91 Å². The van der Waals surface area contributed by atoms with E-state index in [1.165, 1.54) is 0 Å². The van der Waals surface area contributed by atoms with Crippen molar-refractivity contribution in [3.63, 3.8) is 0 Å². The number of carbonyl (C=O) groups is 1. The predicted molar refractivity (Wildman–Crippen MR) is 86.9 cm³/mol. The Bertz CT molecular complexity index is 661. The van der Waals surface area contributed by atoms with E-state index in [1.54, 1.807) is 11.3 Å². The van der Waals surface area contributed by atoms with Crippen molar-refractivity contribution in [2.75, 3.05) is 6.54 Å². The van der Waals surface area contributed by atoms with Gasteiger partial charge in [0, 0.05) is 11.9 Å². The van der Waals surface area contributed by atoms with Gasteiger partial charge in [0.15, 0.2) is 0 Å². The molecule has 2 aromatic heterocycles. The van der Waals surface area contributed by atoms with E-state index < -0.39 is 0 Å². The Morgan fingerprint density at radius 1 is 1.45 bits per heavy atom. The van der Waals surface area contributed by atoms with E-state index in [0.29, 0.717) is 12.3 Å². The number of amides is 1. The van der Waals surface area contributed by atoms with Crippen LogP contribution in [0.25, 0.3) is 0 Å². The first-order valence-corrected chi connectivity index (χ1v) is 8.67. The lowest BCUT2D eigenvalue weighted by Crippen LogP contribution is -2.41. The van der Waals surface area contributed by atoms with Gasteiger partial charge in [0.05, 0.1) is 23.2 Å². The van der Waals surface area contributed by atoms with E-state index >= 15 is 0 Å². The summed E-state index contributed by atoms with van der Waals surface area (Å²) >= 11 is 1.59. The summed E-state index contributed by atoms with van der Waals surface area (Å²) < 4.78 is 5.80. The molecule has 22 heavy (non-hydrogen) atoms. The van der Waals surface area contributed by atoms with Crippen LogP contribution in [0.4, 0.5) is 0 Å². The number of carbonyl (C=O) groups excluding carboxylic acids is 1. The Morgan fingerprint density at radius 3 is 2.91 bits per heavy atom. The third-order valence-corrected chi connectivity index (χ3v) is 5.10. The number of thiazole rings is 1. The number of nitrogens with zero attached hydrogens (tertiary/aromatic N) is 2. The first-order valence-electron chi connectivity index (χ1n) is 7.79. The highest BCUT2D eigenvalue weighted by Gasteiger charge is 2.33. The van der Waals surface area contributed by atoms with E-state index in [0.717, 1.165) is 41.6 Å². The lowest BCUT2D eigenvalue weighted by molar-refractivity contribution is -0.135. The summed E-state index contributed by atoms with van der Waals surface area (Å²) in [4.78, 5) is 19.1. The molecule has 0 aromatic carbocycles. The maximum absolute atomic E-state index is 12.7. The highest BCUT2D eigenvalue weighted by molar-refractivity contribution is 7.09. The highest BCUT2D eigenvalue weighted by Crippen LogP contribution is 2.35. The quantitative estimate of drug-likeness (QED) is 0.862. The molecule has 3 heterocycles. The molecule has 1 aliphatic heterocycles. The van der Waals surface area contributed by atoms with E-state index in [4.69, 9.17) is 4.42 Å². The maximum atomic E-state index is 12.7. The van der Waals surface area contributed by atoms with E-state index in [-0.39, 0.29) is 11.9 Å². The van der Waals surface area contributed by atoms with Gasteiger partial charge in [0.25, 0.3) is 0 Å². The van der Waals surface area contributed by atoms with Gasteiger partial charge >= 0.3 is 0 Å². The first-order chi connectivity index (χ1) is 10.5. The molecule has 0 spiro atoms. The highest BCUT2D eigenvalue weighted by atomic mass is 32.1. The van der Waals surface area contributed by atoms with Crippen LogP contribution in [0.1, 0.15) is 48.0 Å². The Morgan fingerprint density at radius 2 is 2.27 bits per heavy atom. The van der Waals surface area contributed by atoms with Gasteiger partial charge in [-0.3, -0.25) is 4.79 Å². The third kappa shape index (κ3) is 3.24. The molecule has 0 saturated carbocycles. The standard InChI is InChI=1S/C17H22N2O2S/c1-11-6-7-19(15(8-11)16-5-4-12(2)21-16)17(20)9-14-10-22-13(3)18-14/h4-5,10-11,15H,6-9H2,1-3H3/t11-,15-/m0/s1. The van der Waals surface area contributed by atoms with Crippen LogP contribution in [0, 0.1) is 19.8 Å². The molecular formula is C17H22N2O2S. The second kappa shape index (κ2) is 6.24.